The molecule has 0 aliphatic heterocycles. The van der Waals surface area contributed by atoms with Crippen molar-refractivity contribution in [3.8, 4) is 22.4 Å². The van der Waals surface area contributed by atoms with Crippen LogP contribution in [0.3, 0.4) is 0 Å². The van der Waals surface area contributed by atoms with Gasteiger partial charge in [0.1, 0.15) is 7.05 Å². The first kappa shape index (κ1) is 11.2. The molecule has 23 heavy (non-hydrogen) atoms. The Morgan fingerprint density at radius 1 is 0.913 bits per heavy atom. The number of benzene rings is 2. The smallest absolute Gasteiger partial charge is 0.201 e. The molecule has 0 fully saturated rings. The van der Waals surface area contributed by atoms with Gasteiger partial charge in [-0.15, -0.1) is 0 Å². The van der Waals surface area contributed by atoms with Crippen molar-refractivity contribution in [3.63, 3.8) is 0 Å². The molecule has 0 amide bonds. The van der Waals surface area contributed by atoms with Gasteiger partial charge in [-0.2, -0.15) is 0 Å². The van der Waals surface area contributed by atoms with Crippen LogP contribution in [0.15, 0.2) is 48.7 Å². The first-order chi connectivity index (χ1) is 12.3. The van der Waals surface area contributed by atoms with E-state index in [2.05, 4.69) is 44.2 Å². The molecule has 0 unspecified atom stereocenters. The van der Waals surface area contributed by atoms with Crippen molar-refractivity contribution in [1.29, 1.82) is 0 Å². The van der Waals surface area contributed by atoms with E-state index in [0.29, 0.717) is 5.56 Å². The predicted octanol–water partition coefficient (Wildman–Crippen LogP) is 4.67. The van der Waals surface area contributed by atoms with Crippen LogP contribution in [0.25, 0.3) is 22.4 Å². The second-order valence-corrected chi connectivity index (χ2v) is 6.52. The van der Waals surface area contributed by atoms with Crippen molar-refractivity contribution in [2.24, 2.45) is 7.05 Å². The van der Waals surface area contributed by atoms with Gasteiger partial charge < -0.3 is 0 Å². The van der Waals surface area contributed by atoms with Gasteiger partial charge in [0.15, 0.2) is 6.20 Å². The molecule has 1 aliphatic carbocycles. The highest BCUT2D eigenvalue weighted by Crippen LogP contribution is 2.42. The Hall–Kier alpha value is -2.41. The molecule has 0 saturated carbocycles. The standard InChI is InChI=1S/C22H22N/c1-14-5-8-20-18(11-14)12-17-7-9-19(16(3)22(17)20)21-10-6-15(2)13-23(21)4/h5-11,13H,12H2,1-4H3/q+1/i2D3. The van der Waals surface area contributed by atoms with Crippen LogP contribution in [0.5, 0.6) is 0 Å². The Bertz CT molecular complexity index is 1030. The minimum absolute atomic E-state index is 0.364. The maximum atomic E-state index is 7.61. The lowest BCUT2D eigenvalue weighted by atomic mass is 9.93. The monoisotopic (exact) mass is 303 g/mol. The van der Waals surface area contributed by atoms with Gasteiger partial charge in [0, 0.05) is 21.3 Å². The van der Waals surface area contributed by atoms with E-state index in [4.69, 9.17) is 4.11 Å². The van der Waals surface area contributed by atoms with E-state index in [0.717, 1.165) is 17.7 Å². The molecule has 0 saturated heterocycles. The molecule has 1 nitrogen and oxygen atoms in total. The van der Waals surface area contributed by atoms with Gasteiger partial charge in [-0.05, 0) is 67.1 Å². The molecule has 3 aromatic rings. The zero-order valence-electron chi connectivity index (χ0n) is 16.8. The SMILES string of the molecule is [2H]C([2H])([2H])c1ccc(-c2ccc3c(c2C)-c2ccc(C)cc2C3)[n+](C)c1. The van der Waals surface area contributed by atoms with Crippen LogP contribution in [-0.4, -0.2) is 0 Å². The predicted molar refractivity (Wildman–Crippen MR) is 95.5 cm³/mol. The van der Waals surface area contributed by atoms with Gasteiger partial charge in [0.05, 0.1) is 0 Å². The Kier molecular flexibility index (Phi) is 2.46. The lowest BCUT2D eigenvalue weighted by Gasteiger charge is -2.11. The maximum Gasteiger partial charge on any atom is 0.212 e. The van der Waals surface area contributed by atoms with Crippen molar-refractivity contribution in [2.75, 3.05) is 0 Å². The fourth-order valence-electron chi connectivity index (χ4n) is 3.77. The first-order valence-corrected chi connectivity index (χ1v) is 7.98. The van der Waals surface area contributed by atoms with Crippen LogP contribution in [0.1, 0.15) is 31.9 Å². The summed E-state index contributed by atoms with van der Waals surface area (Å²) in [6.07, 6.45) is 2.70. The van der Waals surface area contributed by atoms with Crippen molar-refractivity contribution >= 4 is 0 Å². The highest BCUT2D eigenvalue weighted by molar-refractivity contribution is 5.84. The summed E-state index contributed by atoms with van der Waals surface area (Å²) in [4.78, 5) is 0. The molecule has 0 radical (unpaired) electrons. The Morgan fingerprint density at radius 2 is 1.70 bits per heavy atom. The fourth-order valence-corrected chi connectivity index (χ4v) is 3.77. The van der Waals surface area contributed by atoms with E-state index in [1.54, 1.807) is 12.3 Å². The van der Waals surface area contributed by atoms with Gasteiger partial charge in [-0.25, -0.2) is 4.57 Å². The molecule has 0 bridgehead atoms. The Balaban J connectivity index is 1.86. The highest BCUT2D eigenvalue weighted by atomic mass is 14.9. The topological polar surface area (TPSA) is 3.88 Å². The number of hydrogen-bond acceptors (Lipinski definition) is 0. The second kappa shape index (κ2) is 5.06. The molecule has 0 spiro atoms. The fraction of sp³-hybridized carbons (Fsp3) is 0.227. The van der Waals surface area contributed by atoms with Crippen LogP contribution >= 0.6 is 0 Å². The molecule has 1 aromatic heterocycles. The third-order valence-corrected chi connectivity index (χ3v) is 4.87. The number of fused-ring (bicyclic) bond motifs is 3. The van der Waals surface area contributed by atoms with E-state index in [-0.39, 0.29) is 0 Å². The summed E-state index contributed by atoms with van der Waals surface area (Å²) in [7, 11) is 1.91. The van der Waals surface area contributed by atoms with Gasteiger partial charge in [0.2, 0.25) is 5.69 Å². The summed E-state index contributed by atoms with van der Waals surface area (Å²) >= 11 is 0. The van der Waals surface area contributed by atoms with Crippen molar-refractivity contribution in [1.82, 2.24) is 0 Å². The number of nitrogens with zero attached hydrogens (tertiary/aromatic N) is 1. The normalized spacial score (nSPS) is 14.7. The van der Waals surface area contributed by atoms with Gasteiger partial charge >= 0.3 is 0 Å². The largest absolute Gasteiger partial charge is 0.212 e. The second-order valence-electron chi connectivity index (χ2n) is 6.52. The van der Waals surface area contributed by atoms with Gasteiger partial charge in [-0.3, -0.25) is 0 Å². The molecule has 0 N–H and O–H groups in total. The average Bonchev–Trinajstić information content (AvgIpc) is 2.93. The minimum atomic E-state index is -2.08. The molecule has 114 valence electrons. The minimum Gasteiger partial charge on any atom is -0.201 e. The maximum absolute atomic E-state index is 7.61. The lowest BCUT2D eigenvalue weighted by molar-refractivity contribution is -0.660. The van der Waals surface area contributed by atoms with Crippen LogP contribution in [-0.2, 0) is 13.5 Å². The van der Waals surface area contributed by atoms with Crippen LogP contribution < -0.4 is 4.57 Å². The number of rotatable bonds is 1. The van der Waals surface area contributed by atoms with E-state index < -0.39 is 6.85 Å². The molecule has 1 aliphatic rings. The van der Waals surface area contributed by atoms with E-state index in [1.807, 2.05) is 17.7 Å². The summed E-state index contributed by atoms with van der Waals surface area (Å²) in [6, 6.07) is 14.7. The molecule has 4 rings (SSSR count). The lowest BCUT2D eigenvalue weighted by Crippen LogP contribution is -2.31. The van der Waals surface area contributed by atoms with Crippen molar-refractivity contribution in [3.05, 3.63) is 76.5 Å². The first-order valence-electron chi connectivity index (χ1n) is 9.48. The van der Waals surface area contributed by atoms with Crippen LogP contribution in [0, 0.1) is 20.7 Å². The van der Waals surface area contributed by atoms with E-state index in [9.17, 15) is 0 Å². The zero-order chi connectivity index (χ0) is 18.6. The molecular formula is C22H22N+. The highest BCUT2D eigenvalue weighted by Gasteiger charge is 2.24. The van der Waals surface area contributed by atoms with Crippen molar-refractivity contribution < 1.29 is 8.68 Å². The Labute approximate surface area is 142 Å². The van der Waals surface area contributed by atoms with E-state index >= 15 is 0 Å². The molecule has 0 atom stereocenters. The van der Waals surface area contributed by atoms with Crippen LogP contribution in [0.2, 0.25) is 0 Å². The number of aromatic nitrogens is 1. The third kappa shape index (κ3) is 2.19. The summed E-state index contributed by atoms with van der Waals surface area (Å²) in [5, 5.41) is 0. The number of pyridine rings is 1. The summed E-state index contributed by atoms with van der Waals surface area (Å²) < 4.78 is 24.7. The van der Waals surface area contributed by atoms with Gasteiger partial charge in [0.25, 0.3) is 0 Å². The summed E-state index contributed by atoms with van der Waals surface area (Å²) in [5.74, 6) is 0. The molecule has 1 heteroatoms. The van der Waals surface area contributed by atoms with Crippen LogP contribution in [0.4, 0.5) is 0 Å². The number of aryl methyl sites for hydroxylation is 3. The zero-order valence-corrected chi connectivity index (χ0v) is 13.8. The quantitative estimate of drug-likeness (QED) is 0.450. The average molecular weight is 303 g/mol. The molecular weight excluding hydrogens is 278 g/mol. The molecule has 2 aromatic carbocycles. The van der Waals surface area contributed by atoms with Gasteiger partial charge in [-0.1, -0.05) is 29.8 Å². The molecule has 1 heterocycles. The third-order valence-electron chi connectivity index (χ3n) is 4.87. The number of hydrogen-bond donors (Lipinski definition) is 0. The summed E-state index contributed by atoms with van der Waals surface area (Å²) in [5.41, 5.74) is 10.5. The summed E-state index contributed by atoms with van der Waals surface area (Å²) in [6.45, 7) is 2.22. The van der Waals surface area contributed by atoms with E-state index in [1.165, 1.54) is 33.4 Å². The Morgan fingerprint density at radius 3 is 2.48 bits per heavy atom. The van der Waals surface area contributed by atoms with Crippen molar-refractivity contribution in [2.45, 2.75) is 27.1 Å².